The maximum absolute atomic E-state index is 12.6. The van der Waals surface area contributed by atoms with E-state index in [0.717, 1.165) is 38.5 Å². The van der Waals surface area contributed by atoms with E-state index in [-0.39, 0.29) is 19.4 Å². The van der Waals surface area contributed by atoms with E-state index in [1.54, 1.807) is 0 Å². The van der Waals surface area contributed by atoms with Crippen LogP contribution in [0.25, 0.3) is 0 Å². The zero-order valence-electron chi connectivity index (χ0n) is 36.3. The van der Waals surface area contributed by atoms with Gasteiger partial charge in [-0.05, 0) is 57.8 Å². The summed E-state index contributed by atoms with van der Waals surface area (Å²) in [4.78, 5) is 35.0. The Bertz CT molecular complexity index is 1050. The monoisotopic (exact) mass is 829 g/mol. The smallest absolute Gasteiger partial charge is 0.462 e. The van der Waals surface area contributed by atoms with E-state index in [9.17, 15) is 24.2 Å². The van der Waals surface area contributed by atoms with E-state index in [1.165, 1.54) is 128 Å². The Morgan fingerprint density at radius 1 is 0.526 bits per heavy atom. The van der Waals surface area contributed by atoms with Crippen LogP contribution in [0.2, 0.25) is 0 Å². The zero-order chi connectivity index (χ0) is 41.9. The molecule has 10 nitrogen and oxygen atoms in total. The Morgan fingerprint density at radius 2 is 0.947 bits per heavy atom. The van der Waals surface area contributed by atoms with E-state index in [0.29, 0.717) is 12.8 Å². The number of rotatable bonds is 43. The van der Waals surface area contributed by atoms with Gasteiger partial charge in [0.25, 0.3) is 0 Å². The number of hydrogen-bond donors (Lipinski definition) is 3. The molecular weight excluding hydrogens is 743 g/mol. The molecule has 0 aromatic carbocycles. The third kappa shape index (κ3) is 42.1. The minimum absolute atomic E-state index is 0.0779. The molecule has 0 saturated carbocycles. The summed E-state index contributed by atoms with van der Waals surface area (Å²) in [6.07, 6.45) is 44.2. The zero-order valence-corrected chi connectivity index (χ0v) is 37.2. The molecule has 0 aromatic heterocycles. The molecule has 0 aliphatic carbocycles. The number of hydrogen-bond acceptors (Lipinski definition) is 9. The second-order valence-corrected chi connectivity index (χ2v) is 16.9. The number of aliphatic hydroxyl groups excluding tert-OH is 2. The maximum Gasteiger partial charge on any atom is 0.472 e. The first kappa shape index (κ1) is 55.2. The molecule has 0 amide bonds. The van der Waals surface area contributed by atoms with Crippen LogP contribution in [0.3, 0.4) is 0 Å². The summed E-state index contributed by atoms with van der Waals surface area (Å²) >= 11 is 0. The van der Waals surface area contributed by atoms with Gasteiger partial charge in [0, 0.05) is 12.8 Å². The van der Waals surface area contributed by atoms with Crippen molar-refractivity contribution in [2.75, 3.05) is 26.4 Å². The van der Waals surface area contributed by atoms with Crippen LogP contribution < -0.4 is 0 Å². The Hall–Kier alpha value is -1.81. The highest BCUT2D eigenvalue weighted by molar-refractivity contribution is 7.47. The van der Waals surface area contributed by atoms with Gasteiger partial charge in [0.1, 0.15) is 12.7 Å². The molecule has 11 heteroatoms. The lowest BCUT2D eigenvalue weighted by Gasteiger charge is -2.20. The van der Waals surface area contributed by atoms with Crippen molar-refractivity contribution in [1.29, 1.82) is 0 Å². The topological polar surface area (TPSA) is 149 Å². The van der Waals surface area contributed by atoms with Crippen molar-refractivity contribution in [2.45, 2.75) is 219 Å². The SMILES string of the molecule is CCCCCCCC/C=C/C/C=C/CCC(=O)OC(COC(=O)CCCCCCCCC/C=C/CCCCCCCCCCCC)COP(=O)(O)OC[C@H](O)CO. The van der Waals surface area contributed by atoms with E-state index >= 15 is 0 Å². The predicted molar refractivity (Wildman–Crippen MR) is 233 cm³/mol. The van der Waals surface area contributed by atoms with E-state index in [4.69, 9.17) is 19.1 Å². The standard InChI is InChI=1S/C46H85O10P/c1-3-5-7-9-11-13-15-17-18-19-20-21-22-23-24-26-27-29-31-33-35-37-45(49)53-41-44(42-55-57(51,52)54-40-43(48)39-47)56-46(50)38-36-34-32-30-28-25-16-14-12-10-8-6-4-2/h21-22,25,28,32,34,43-44,47-48H,3-20,23-24,26-27,29-31,33,35-42H2,1-2H3,(H,51,52)/b22-21+,28-25+,34-32+/t43-,44?/m1/s1. The molecule has 0 fully saturated rings. The molecular formula is C46H85O10P. The highest BCUT2D eigenvalue weighted by Crippen LogP contribution is 2.43. The number of esters is 2. The van der Waals surface area contributed by atoms with E-state index in [2.05, 4.69) is 42.7 Å². The van der Waals surface area contributed by atoms with Crippen molar-refractivity contribution >= 4 is 19.8 Å². The summed E-state index contributed by atoms with van der Waals surface area (Å²) in [6, 6.07) is 0. The van der Waals surface area contributed by atoms with Crippen LogP contribution in [0.4, 0.5) is 0 Å². The lowest BCUT2D eigenvalue weighted by Crippen LogP contribution is -2.29. The van der Waals surface area contributed by atoms with Crippen LogP contribution in [-0.4, -0.2) is 65.7 Å². The average Bonchev–Trinajstić information content (AvgIpc) is 3.20. The molecule has 0 aromatic rings. The summed E-state index contributed by atoms with van der Waals surface area (Å²) in [5.74, 6) is -1.00. The van der Waals surface area contributed by atoms with Crippen LogP contribution in [0.1, 0.15) is 206 Å². The Balaban J connectivity index is 4.25. The number of unbranched alkanes of at least 4 members (excludes halogenated alkanes) is 23. The van der Waals surface area contributed by atoms with Crippen LogP contribution >= 0.6 is 7.82 Å². The third-order valence-corrected chi connectivity index (χ3v) is 10.7. The highest BCUT2D eigenvalue weighted by atomic mass is 31.2. The van der Waals surface area contributed by atoms with Gasteiger partial charge in [0.2, 0.25) is 0 Å². The number of carbonyl (C=O) groups excluding carboxylic acids is 2. The normalized spacial score (nSPS) is 14.1. The first-order valence-corrected chi connectivity index (χ1v) is 24.4. The van der Waals surface area contributed by atoms with Crippen LogP contribution in [0, 0.1) is 0 Å². The molecule has 0 bridgehead atoms. The number of allylic oxidation sites excluding steroid dienone is 6. The molecule has 2 unspecified atom stereocenters. The van der Waals surface area contributed by atoms with Crippen molar-refractivity contribution in [3.05, 3.63) is 36.5 Å². The van der Waals surface area contributed by atoms with Crippen molar-refractivity contribution in [1.82, 2.24) is 0 Å². The predicted octanol–water partition coefficient (Wildman–Crippen LogP) is 12.3. The molecule has 0 heterocycles. The van der Waals surface area contributed by atoms with Crippen LogP contribution in [-0.2, 0) is 32.7 Å². The van der Waals surface area contributed by atoms with Gasteiger partial charge in [0.15, 0.2) is 6.10 Å². The molecule has 0 saturated heterocycles. The number of phosphoric ester groups is 1. The average molecular weight is 829 g/mol. The fraction of sp³-hybridized carbons (Fsp3) is 0.826. The number of phosphoric acid groups is 1. The first-order valence-electron chi connectivity index (χ1n) is 22.9. The van der Waals surface area contributed by atoms with E-state index in [1.807, 2.05) is 12.2 Å². The number of ether oxygens (including phenoxy) is 2. The summed E-state index contributed by atoms with van der Waals surface area (Å²) in [7, 11) is -4.63. The number of carbonyl (C=O) groups is 2. The van der Waals surface area contributed by atoms with Gasteiger partial charge in [-0.25, -0.2) is 4.57 Å². The van der Waals surface area contributed by atoms with E-state index < -0.39 is 51.8 Å². The Kier molecular flexibility index (Phi) is 41.0. The minimum atomic E-state index is -4.63. The Labute approximate surface area is 348 Å². The molecule has 0 rings (SSSR count). The second-order valence-electron chi connectivity index (χ2n) is 15.4. The van der Waals surface area contributed by atoms with Gasteiger partial charge in [0.05, 0.1) is 19.8 Å². The van der Waals surface area contributed by atoms with Crippen molar-refractivity contribution in [3.63, 3.8) is 0 Å². The largest absolute Gasteiger partial charge is 0.472 e. The summed E-state index contributed by atoms with van der Waals surface area (Å²) < 4.78 is 32.6. The van der Waals surface area contributed by atoms with Gasteiger partial charge >= 0.3 is 19.8 Å². The minimum Gasteiger partial charge on any atom is -0.462 e. The molecule has 3 atom stereocenters. The summed E-state index contributed by atoms with van der Waals surface area (Å²) in [6.45, 7) is 2.31. The van der Waals surface area contributed by atoms with Gasteiger partial charge in [-0.2, -0.15) is 0 Å². The van der Waals surface area contributed by atoms with Crippen molar-refractivity contribution < 1.29 is 47.8 Å². The molecule has 0 spiro atoms. The highest BCUT2D eigenvalue weighted by Gasteiger charge is 2.27. The fourth-order valence-corrected chi connectivity index (χ4v) is 7.01. The maximum atomic E-state index is 12.6. The third-order valence-electron chi connectivity index (χ3n) is 9.78. The molecule has 334 valence electrons. The summed E-state index contributed by atoms with van der Waals surface area (Å²) in [5.41, 5.74) is 0. The van der Waals surface area contributed by atoms with Crippen LogP contribution in [0.15, 0.2) is 36.5 Å². The van der Waals surface area contributed by atoms with Crippen LogP contribution in [0.5, 0.6) is 0 Å². The van der Waals surface area contributed by atoms with Crippen molar-refractivity contribution in [3.8, 4) is 0 Å². The van der Waals surface area contributed by atoms with Gasteiger partial charge in [-0.15, -0.1) is 0 Å². The quantitative estimate of drug-likeness (QED) is 0.0235. The lowest BCUT2D eigenvalue weighted by atomic mass is 10.1. The van der Waals surface area contributed by atoms with Gasteiger partial charge < -0.3 is 24.6 Å². The Morgan fingerprint density at radius 3 is 1.44 bits per heavy atom. The molecule has 0 radical (unpaired) electrons. The first-order chi connectivity index (χ1) is 27.7. The molecule has 57 heavy (non-hydrogen) atoms. The van der Waals surface area contributed by atoms with Gasteiger partial charge in [-0.3, -0.25) is 18.6 Å². The summed E-state index contributed by atoms with van der Waals surface area (Å²) in [5, 5.41) is 18.3. The molecule has 0 aliphatic heterocycles. The molecule has 0 aliphatic rings. The van der Waals surface area contributed by atoms with Gasteiger partial charge in [-0.1, -0.05) is 172 Å². The second kappa shape index (κ2) is 42.3. The molecule has 3 N–H and O–H groups in total. The number of aliphatic hydroxyl groups is 2. The lowest BCUT2D eigenvalue weighted by molar-refractivity contribution is -0.161. The fourth-order valence-electron chi connectivity index (χ4n) is 6.22. The van der Waals surface area contributed by atoms with Crippen molar-refractivity contribution in [2.24, 2.45) is 0 Å².